The highest BCUT2D eigenvalue weighted by Crippen LogP contribution is 2.18. The van der Waals surface area contributed by atoms with E-state index in [0.717, 1.165) is 17.9 Å². The Balaban J connectivity index is 2.40. The molecule has 1 atom stereocenters. The van der Waals surface area contributed by atoms with Crippen molar-refractivity contribution in [1.29, 1.82) is 0 Å². The van der Waals surface area contributed by atoms with Crippen LogP contribution in [0.3, 0.4) is 0 Å². The van der Waals surface area contributed by atoms with Gasteiger partial charge in [0.15, 0.2) is 0 Å². The molecule has 0 aliphatic rings. The summed E-state index contributed by atoms with van der Waals surface area (Å²) in [6.07, 6.45) is 1.14. The largest absolute Gasteiger partial charge is 0.399 e. The van der Waals surface area contributed by atoms with Gasteiger partial charge in [-0.3, -0.25) is 4.79 Å². The Hall–Kier alpha value is -1.16. The van der Waals surface area contributed by atoms with E-state index in [0.29, 0.717) is 11.6 Å². The molecule has 1 aromatic rings. The van der Waals surface area contributed by atoms with Gasteiger partial charge in [0.2, 0.25) is 5.91 Å². The molecule has 0 aliphatic carbocycles. The van der Waals surface area contributed by atoms with E-state index in [1.54, 1.807) is 23.9 Å². The number of rotatable bonds is 6. The van der Waals surface area contributed by atoms with Crippen LogP contribution in [0.2, 0.25) is 0 Å². The van der Waals surface area contributed by atoms with Crippen LogP contribution in [0.15, 0.2) is 24.3 Å². The molecule has 0 saturated heterocycles. The maximum Gasteiger partial charge on any atom is 0.237 e. The molecule has 1 aromatic carbocycles. The fourth-order valence-electron chi connectivity index (χ4n) is 1.42. The molecule has 3 N–H and O–H groups in total. The number of hydrogen-bond donors (Lipinski definition) is 2. The molecule has 0 saturated carbocycles. The molecule has 0 aliphatic heterocycles. The molecular formula is C14H22N2OS. The van der Waals surface area contributed by atoms with Gasteiger partial charge in [0.05, 0.1) is 5.25 Å². The Morgan fingerprint density at radius 3 is 2.72 bits per heavy atom. The normalized spacial score (nSPS) is 12.4. The Bertz CT molecular complexity index is 393. The van der Waals surface area contributed by atoms with Gasteiger partial charge in [-0.2, -0.15) is 0 Å². The summed E-state index contributed by atoms with van der Waals surface area (Å²) in [6.45, 7) is 6.32. The molecule has 0 heterocycles. The second kappa shape index (κ2) is 7.31. The molecule has 0 spiro atoms. The fourth-order valence-corrected chi connectivity index (χ4v) is 2.59. The second-order valence-electron chi connectivity index (χ2n) is 4.81. The van der Waals surface area contributed by atoms with Crippen molar-refractivity contribution in [3.63, 3.8) is 0 Å². The maximum absolute atomic E-state index is 11.9. The van der Waals surface area contributed by atoms with Crippen LogP contribution in [0.5, 0.6) is 0 Å². The van der Waals surface area contributed by atoms with E-state index in [4.69, 9.17) is 5.73 Å². The average Bonchev–Trinajstić information content (AvgIpc) is 2.28. The van der Waals surface area contributed by atoms with E-state index in [1.807, 2.05) is 19.1 Å². The molecule has 1 unspecified atom stereocenters. The lowest BCUT2D eigenvalue weighted by atomic mass is 10.2. The number of anilines is 2. The first-order valence-electron chi connectivity index (χ1n) is 6.27. The first-order chi connectivity index (χ1) is 8.49. The molecule has 0 fully saturated rings. The van der Waals surface area contributed by atoms with Gasteiger partial charge in [0.1, 0.15) is 0 Å². The smallest absolute Gasteiger partial charge is 0.237 e. The topological polar surface area (TPSA) is 55.1 Å². The van der Waals surface area contributed by atoms with Gasteiger partial charge in [-0.15, -0.1) is 11.8 Å². The number of nitrogen functional groups attached to an aromatic ring is 1. The SMILES string of the molecule is CC(C)CCSC(C)C(=O)Nc1cccc(N)c1. The Morgan fingerprint density at radius 1 is 1.39 bits per heavy atom. The maximum atomic E-state index is 11.9. The lowest BCUT2D eigenvalue weighted by Gasteiger charge is -2.13. The van der Waals surface area contributed by atoms with Crippen molar-refractivity contribution in [1.82, 2.24) is 0 Å². The quantitative estimate of drug-likeness (QED) is 0.776. The lowest BCUT2D eigenvalue weighted by Crippen LogP contribution is -2.22. The van der Waals surface area contributed by atoms with Gasteiger partial charge in [-0.05, 0) is 43.2 Å². The van der Waals surface area contributed by atoms with Crippen molar-refractivity contribution < 1.29 is 4.79 Å². The molecular weight excluding hydrogens is 244 g/mol. The standard InChI is InChI=1S/C14H22N2OS/c1-10(2)7-8-18-11(3)14(17)16-13-6-4-5-12(15)9-13/h4-6,9-11H,7-8,15H2,1-3H3,(H,16,17). The molecule has 0 aromatic heterocycles. The van der Waals surface area contributed by atoms with Crippen LogP contribution in [0.1, 0.15) is 27.2 Å². The van der Waals surface area contributed by atoms with Crippen LogP contribution in [0.4, 0.5) is 11.4 Å². The molecule has 1 amide bonds. The van der Waals surface area contributed by atoms with Crippen molar-refractivity contribution in [3.8, 4) is 0 Å². The number of amides is 1. The predicted octanol–water partition coefficient (Wildman–Crippen LogP) is 3.38. The average molecular weight is 266 g/mol. The molecule has 0 radical (unpaired) electrons. The van der Waals surface area contributed by atoms with Crippen molar-refractivity contribution >= 4 is 29.0 Å². The summed E-state index contributed by atoms with van der Waals surface area (Å²) < 4.78 is 0. The zero-order chi connectivity index (χ0) is 13.5. The highest BCUT2D eigenvalue weighted by atomic mass is 32.2. The highest BCUT2D eigenvalue weighted by molar-refractivity contribution is 8.00. The molecule has 18 heavy (non-hydrogen) atoms. The minimum Gasteiger partial charge on any atom is -0.399 e. The van der Waals surface area contributed by atoms with Gasteiger partial charge in [-0.1, -0.05) is 19.9 Å². The molecule has 3 nitrogen and oxygen atoms in total. The number of benzene rings is 1. The monoisotopic (exact) mass is 266 g/mol. The Morgan fingerprint density at radius 2 is 2.11 bits per heavy atom. The third-order valence-corrected chi connectivity index (χ3v) is 3.77. The van der Waals surface area contributed by atoms with Gasteiger partial charge in [0, 0.05) is 11.4 Å². The highest BCUT2D eigenvalue weighted by Gasteiger charge is 2.13. The third kappa shape index (κ3) is 5.45. The van der Waals surface area contributed by atoms with Crippen LogP contribution < -0.4 is 11.1 Å². The molecule has 0 bridgehead atoms. The number of carbonyl (C=O) groups excluding carboxylic acids is 1. The summed E-state index contributed by atoms with van der Waals surface area (Å²) in [5.41, 5.74) is 7.09. The third-order valence-electron chi connectivity index (χ3n) is 2.59. The van der Waals surface area contributed by atoms with Gasteiger partial charge in [-0.25, -0.2) is 0 Å². The lowest BCUT2D eigenvalue weighted by molar-refractivity contribution is -0.115. The van der Waals surface area contributed by atoms with Gasteiger partial charge in [0.25, 0.3) is 0 Å². The summed E-state index contributed by atoms with van der Waals surface area (Å²) in [6, 6.07) is 7.25. The van der Waals surface area contributed by atoms with Crippen LogP contribution in [-0.4, -0.2) is 16.9 Å². The van der Waals surface area contributed by atoms with Crippen LogP contribution in [0, 0.1) is 5.92 Å². The molecule has 4 heteroatoms. The van der Waals surface area contributed by atoms with Crippen molar-refractivity contribution in [2.75, 3.05) is 16.8 Å². The minimum absolute atomic E-state index is 0.0364. The van der Waals surface area contributed by atoms with E-state index in [2.05, 4.69) is 19.2 Å². The number of hydrogen-bond acceptors (Lipinski definition) is 3. The van der Waals surface area contributed by atoms with Crippen molar-refractivity contribution in [3.05, 3.63) is 24.3 Å². The van der Waals surface area contributed by atoms with Crippen LogP contribution >= 0.6 is 11.8 Å². The Kier molecular flexibility index (Phi) is 6.05. The van der Waals surface area contributed by atoms with E-state index in [-0.39, 0.29) is 11.2 Å². The molecule has 1 rings (SSSR count). The number of carbonyl (C=O) groups is 1. The first-order valence-corrected chi connectivity index (χ1v) is 7.32. The van der Waals surface area contributed by atoms with E-state index in [1.165, 1.54) is 0 Å². The van der Waals surface area contributed by atoms with Crippen molar-refractivity contribution in [2.45, 2.75) is 32.4 Å². The van der Waals surface area contributed by atoms with Gasteiger partial charge >= 0.3 is 0 Å². The number of nitrogens with one attached hydrogen (secondary N) is 1. The Labute approximate surface area is 114 Å². The van der Waals surface area contributed by atoms with E-state index in [9.17, 15) is 4.79 Å². The summed E-state index contributed by atoms with van der Waals surface area (Å²) in [5.74, 6) is 1.74. The fraction of sp³-hybridized carbons (Fsp3) is 0.500. The summed E-state index contributed by atoms with van der Waals surface area (Å²) >= 11 is 1.69. The first kappa shape index (κ1) is 14.9. The van der Waals surface area contributed by atoms with E-state index >= 15 is 0 Å². The summed E-state index contributed by atoms with van der Waals surface area (Å²) in [4.78, 5) is 11.9. The van der Waals surface area contributed by atoms with Crippen LogP contribution in [-0.2, 0) is 4.79 Å². The zero-order valence-electron chi connectivity index (χ0n) is 11.3. The molecule has 100 valence electrons. The number of thioether (sulfide) groups is 1. The van der Waals surface area contributed by atoms with E-state index < -0.39 is 0 Å². The summed E-state index contributed by atoms with van der Waals surface area (Å²) in [5, 5.41) is 2.84. The van der Waals surface area contributed by atoms with Crippen molar-refractivity contribution in [2.24, 2.45) is 5.92 Å². The zero-order valence-corrected chi connectivity index (χ0v) is 12.1. The summed E-state index contributed by atoms with van der Waals surface area (Å²) in [7, 11) is 0. The van der Waals surface area contributed by atoms with Crippen LogP contribution in [0.25, 0.3) is 0 Å². The van der Waals surface area contributed by atoms with Gasteiger partial charge < -0.3 is 11.1 Å². The second-order valence-corrected chi connectivity index (χ2v) is 6.26. The predicted molar refractivity (Wildman–Crippen MR) is 80.9 cm³/mol. The minimum atomic E-state index is -0.0369. The number of nitrogens with two attached hydrogens (primary N) is 1.